The van der Waals surface area contributed by atoms with Crippen LogP contribution in [0.1, 0.15) is 5.56 Å². The molecule has 0 N–H and O–H groups in total. The maximum Gasteiger partial charge on any atom is 0.416 e. The molecule has 0 unspecified atom stereocenters. The zero-order valence-electron chi connectivity index (χ0n) is 8.93. The number of rotatable bonds is 1. The molecule has 0 nitrogen and oxygen atoms in total. The van der Waals surface area contributed by atoms with Gasteiger partial charge in [-0.25, -0.2) is 4.39 Å². The van der Waals surface area contributed by atoms with E-state index in [1.807, 2.05) is 0 Å². The van der Waals surface area contributed by atoms with Crippen LogP contribution in [-0.4, -0.2) is 0 Å². The van der Waals surface area contributed by atoms with E-state index in [4.69, 9.17) is 0 Å². The predicted octanol–water partition coefficient (Wildman–Crippen LogP) is 5.27. The van der Waals surface area contributed by atoms with Crippen LogP contribution in [0.25, 0.3) is 11.1 Å². The lowest BCUT2D eigenvalue weighted by molar-refractivity contribution is -0.137. The van der Waals surface area contributed by atoms with E-state index in [1.165, 1.54) is 30.3 Å². The average Bonchev–Trinajstić information content (AvgIpc) is 2.29. The Kier molecular flexibility index (Phi) is 3.43. The van der Waals surface area contributed by atoms with Crippen molar-refractivity contribution in [3.63, 3.8) is 0 Å². The van der Waals surface area contributed by atoms with Gasteiger partial charge < -0.3 is 0 Å². The van der Waals surface area contributed by atoms with Crippen molar-refractivity contribution in [3.8, 4) is 11.1 Å². The Morgan fingerprint density at radius 3 is 2.06 bits per heavy atom. The minimum atomic E-state index is -4.39. The molecule has 0 atom stereocenters. The van der Waals surface area contributed by atoms with Crippen molar-refractivity contribution in [2.75, 3.05) is 0 Å². The second-order valence-corrected chi connectivity index (χ2v) is 4.55. The monoisotopic (exact) mass is 318 g/mol. The smallest absolute Gasteiger partial charge is 0.207 e. The summed E-state index contributed by atoms with van der Waals surface area (Å²) in [5.41, 5.74) is 0.171. The molecule has 0 fully saturated rings. The molecule has 0 aliphatic carbocycles. The van der Waals surface area contributed by atoms with Crippen LogP contribution in [0, 0.1) is 5.82 Å². The minimum absolute atomic E-state index is 0.379. The predicted molar refractivity (Wildman–Crippen MR) is 64.5 cm³/mol. The van der Waals surface area contributed by atoms with Crippen LogP contribution < -0.4 is 0 Å². The van der Waals surface area contributed by atoms with Gasteiger partial charge in [-0.15, -0.1) is 0 Å². The summed E-state index contributed by atoms with van der Waals surface area (Å²) < 4.78 is 51.1. The fourth-order valence-electron chi connectivity index (χ4n) is 1.55. The summed E-state index contributed by atoms with van der Waals surface area (Å²) in [6, 6.07) is 8.67. The highest BCUT2D eigenvalue weighted by Crippen LogP contribution is 2.35. The first-order valence-corrected chi connectivity index (χ1v) is 5.80. The van der Waals surface area contributed by atoms with Gasteiger partial charge in [-0.05, 0) is 41.5 Å². The summed E-state index contributed by atoms with van der Waals surface area (Å²) in [5, 5.41) is 0. The molecule has 2 aromatic carbocycles. The van der Waals surface area contributed by atoms with Gasteiger partial charge in [-0.2, -0.15) is 13.2 Å². The Hall–Kier alpha value is -1.36. The van der Waals surface area contributed by atoms with Gasteiger partial charge in [0.25, 0.3) is 0 Å². The molecule has 2 aromatic rings. The zero-order valence-corrected chi connectivity index (χ0v) is 10.5. The van der Waals surface area contributed by atoms with Crippen LogP contribution in [-0.2, 0) is 6.18 Å². The van der Waals surface area contributed by atoms with Gasteiger partial charge in [0.05, 0.1) is 5.56 Å². The molecule has 5 heteroatoms. The zero-order chi connectivity index (χ0) is 13.3. The number of alkyl halides is 3. The van der Waals surface area contributed by atoms with Crippen LogP contribution in [0.4, 0.5) is 17.6 Å². The molecule has 0 aliphatic heterocycles. The van der Waals surface area contributed by atoms with Crippen molar-refractivity contribution < 1.29 is 17.6 Å². The summed E-state index contributed by atoms with van der Waals surface area (Å²) in [5.74, 6) is -0.429. The molecule has 0 heterocycles. The second kappa shape index (κ2) is 4.72. The molecule has 18 heavy (non-hydrogen) atoms. The van der Waals surface area contributed by atoms with Gasteiger partial charge >= 0.3 is 6.18 Å². The number of halogens is 5. The largest absolute Gasteiger partial charge is 0.416 e. The first-order valence-electron chi connectivity index (χ1n) is 5.00. The topological polar surface area (TPSA) is 0 Å². The maximum absolute atomic E-state index is 12.8. The number of benzene rings is 2. The molecule has 0 spiro atoms. The molecule has 0 aliphatic rings. The third-order valence-electron chi connectivity index (χ3n) is 2.45. The Morgan fingerprint density at radius 2 is 1.50 bits per heavy atom. The molecule has 0 saturated heterocycles. The van der Waals surface area contributed by atoms with E-state index in [9.17, 15) is 17.6 Å². The summed E-state index contributed by atoms with van der Waals surface area (Å²) in [6.45, 7) is 0. The first kappa shape index (κ1) is 13.1. The average molecular weight is 319 g/mol. The van der Waals surface area contributed by atoms with Crippen molar-refractivity contribution in [1.82, 2.24) is 0 Å². The summed E-state index contributed by atoms with van der Waals surface area (Å²) in [6.07, 6.45) is -4.39. The van der Waals surface area contributed by atoms with E-state index in [0.717, 1.165) is 12.1 Å². The second-order valence-electron chi connectivity index (χ2n) is 3.70. The highest BCUT2D eigenvalue weighted by Gasteiger charge is 2.30. The first-order chi connectivity index (χ1) is 8.38. The molecular formula is C13H7BrF4. The van der Waals surface area contributed by atoms with E-state index < -0.39 is 17.6 Å². The standard InChI is InChI=1S/C13H7BrF4/c14-12-6-3-9(13(16,17)18)7-11(12)8-1-4-10(15)5-2-8/h1-7H. The lowest BCUT2D eigenvalue weighted by Crippen LogP contribution is -2.04. The molecular weight excluding hydrogens is 312 g/mol. The third-order valence-corrected chi connectivity index (χ3v) is 3.14. The molecule has 2 rings (SSSR count). The highest BCUT2D eigenvalue weighted by atomic mass is 79.9. The van der Waals surface area contributed by atoms with Gasteiger partial charge in [0.1, 0.15) is 5.82 Å². The molecule has 0 amide bonds. The lowest BCUT2D eigenvalue weighted by Gasteiger charge is -2.10. The van der Waals surface area contributed by atoms with E-state index in [2.05, 4.69) is 15.9 Å². The summed E-state index contributed by atoms with van der Waals surface area (Å²) >= 11 is 3.19. The molecule has 0 aromatic heterocycles. The van der Waals surface area contributed by atoms with Crippen LogP contribution in [0.5, 0.6) is 0 Å². The minimum Gasteiger partial charge on any atom is -0.207 e. The maximum atomic E-state index is 12.8. The van der Waals surface area contributed by atoms with Crippen LogP contribution in [0.3, 0.4) is 0 Å². The molecule has 0 saturated carbocycles. The normalized spacial score (nSPS) is 11.6. The quantitative estimate of drug-likeness (QED) is 0.628. The van der Waals surface area contributed by atoms with Crippen molar-refractivity contribution in [1.29, 1.82) is 0 Å². The van der Waals surface area contributed by atoms with E-state index in [-0.39, 0.29) is 0 Å². The van der Waals surface area contributed by atoms with E-state index >= 15 is 0 Å². The molecule has 0 bridgehead atoms. The summed E-state index contributed by atoms with van der Waals surface area (Å²) in [7, 11) is 0. The van der Waals surface area contributed by atoms with Gasteiger partial charge in [-0.3, -0.25) is 0 Å². The van der Waals surface area contributed by atoms with Crippen LogP contribution >= 0.6 is 15.9 Å². The fraction of sp³-hybridized carbons (Fsp3) is 0.0769. The van der Waals surface area contributed by atoms with E-state index in [0.29, 0.717) is 15.6 Å². The van der Waals surface area contributed by atoms with Gasteiger partial charge in [0.2, 0.25) is 0 Å². The van der Waals surface area contributed by atoms with Crippen LogP contribution in [0.15, 0.2) is 46.9 Å². The Bertz CT molecular complexity index is 558. The van der Waals surface area contributed by atoms with Gasteiger partial charge in [-0.1, -0.05) is 28.1 Å². The van der Waals surface area contributed by atoms with Crippen molar-refractivity contribution in [2.45, 2.75) is 6.18 Å². The van der Waals surface area contributed by atoms with Gasteiger partial charge in [0.15, 0.2) is 0 Å². The Morgan fingerprint density at radius 1 is 0.889 bits per heavy atom. The summed E-state index contributed by atoms with van der Waals surface area (Å²) in [4.78, 5) is 0. The van der Waals surface area contributed by atoms with E-state index in [1.54, 1.807) is 0 Å². The number of hydrogen-bond donors (Lipinski definition) is 0. The lowest BCUT2D eigenvalue weighted by atomic mass is 10.0. The Balaban J connectivity index is 2.53. The molecule has 94 valence electrons. The Labute approximate surface area is 109 Å². The van der Waals surface area contributed by atoms with Crippen molar-refractivity contribution >= 4 is 15.9 Å². The highest BCUT2D eigenvalue weighted by molar-refractivity contribution is 9.10. The van der Waals surface area contributed by atoms with Crippen molar-refractivity contribution in [2.24, 2.45) is 0 Å². The fourth-order valence-corrected chi connectivity index (χ4v) is 2.03. The SMILES string of the molecule is Fc1ccc(-c2cc(C(F)(F)F)ccc2Br)cc1. The van der Waals surface area contributed by atoms with Gasteiger partial charge in [0, 0.05) is 4.47 Å². The number of hydrogen-bond acceptors (Lipinski definition) is 0. The molecule has 0 radical (unpaired) electrons. The third kappa shape index (κ3) is 2.72. The van der Waals surface area contributed by atoms with Crippen molar-refractivity contribution in [3.05, 3.63) is 58.3 Å². The van der Waals surface area contributed by atoms with Crippen LogP contribution in [0.2, 0.25) is 0 Å².